The Morgan fingerprint density at radius 2 is 2.00 bits per heavy atom. The molecule has 0 saturated carbocycles. The van der Waals surface area contributed by atoms with Crippen molar-refractivity contribution in [2.75, 3.05) is 12.4 Å². The highest BCUT2D eigenvalue weighted by Crippen LogP contribution is 2.27. The molecule has 0 spiro atoms. The third-order valence-corrected chi connectivity index (χ3v) is 3.45. The van der Waals surface area contributed by atoms with E-state index in [2.05, 4.69) is 26.2 Å². The summed E-state index contributed by atoms with van der Waals surface area (Å²) in [6, 6.07) is 6.35. The maximum atomic E-state index is 13.9. The van der Waals surface area contributed by atoms with Crippen molar-refractivity contribution in [3.05, 3.63) is 52.0 Å². The molecule has 0 unspecified atom stereocenters. The van der Waals surface area contributed by atoms with Crippen LogP contribution in [0, 0.1) is 12.7 Å². The first-order valence-electron chi connectivity index (χ1n) is 6.79. The van der Waals surface area contributed by atoms with Crippen molar-refractivity contribution in [1.82, 2.24) is 4.98 Å². The van der Waals surface area contributed by atoms with Gasteiger partial charge in [-0.05, 0) is 47.1 Å². The van der Waals surface area contributed by atoms with Crippen molar-refractivity contribution in [1.29, 1.82) is 0 Å². The summed E-state index contributed by atoms with van der Waals surface area (Å²) < 4.78 is 19.2. The van der Waals surface area contributed by atoms with Crippen molar-refractivity contribution >= 4 is 27.5 Å². The van der Waals surface area contributed by atoms with Gasteiger partial charge in [0, 0.05) is 17.4 Å². The van der Waals surface area contributed by atoms with Crippen LogP contribution in [0.5, 0.6) is 5.75 Å². The molecule has 2 rings (SSSR count). The van der Waals surface area contributed by atoms with Crippen LogP contribution in [0.3, 0.4) is 0 Å². The van der Waals surface area contributed by atoms with Crippen molar-refractivity contribution in [2.45, 2.75) is 20.8 Å². The number of methoxy groups -OCH3 is 1. The van der Waals surface area contributed by atoms with E-state index in [1.807, 2.05) is 13.8 Å². The van der Waals surface area contributed by atoms with Crippen molar-refractivity contribution in [3.63, 3.8) is 0 Å². The highest BCUT2D eigenvalue weighted by Gasteiger charge is 2.15. The predicted octanol–water partition coefficient (Wildman–Crippen LogP) is 4.58. The molecule has 0 aliphatic rings. The topological polar surface area (TPSA) is 51.2 Å². The fourth-order valence-electron chi connectivity index (χ4n) is 1.70. The van der Waals surface area contributed by atoms with Gasteiger partial charge in [-0.2, -0.15) is 0 Å². The van der Waals surface area contributed by atoms with Gasteiger partial charge in [0.05, 0.1) is 12.7 Å². The SMILES string of the molecule is CC.COc1ccc(NC(=O)c2cccnc2Br)c(C)c1F. The van der Waals surface area contributed by atoms with E-state index >= 15 is 0 Å². The number of carbonyl (C=O) groups is 1. The minimum atomic E-state index is -0.490. The molecule has 1 heterocycles. The van der Waals surface area contributed by atoms with Crippen LogP contribution in [0.2, 0.25) is 0 Å². The van der Waals surface area contributed by atoms with Gasteiger partial charge in [-0.3, -0.25) is 4.79 Å². The van der Waals surface area contributed by atoms with Gasteiger partial charge in [-0.1, -0.05) is 13.8 Å². The largest absolute Gasteiger partial charge is 0.494 e. The van der Waals surface area contributed by atoms with Crippen LogP contribution in [0.1, 0.15) is 29.8 Å². The summed E-state index contributed by atoms with van der Waals surface area (Å²) in [6.45, 7) is 5.58. The van der Waals surface area contributed by atoms with E-state index in [1.54, 1.807) is 31.3 Å². The zero-order chi connectivity index (χ0) is 16.7. The molecular formula is C16H18BrFN2O2. The van der Waals surface area contributed by atoms with E-state index in [9.17, 15) is 9.18 Å². The molecular weight excluding hydrogens is 351 g/mol. The Hall–Kier alpha value is -1.95. The number of rotatable bonds is 3. The molecule has 0 aliphatic heterocycles. The lowest BCUT2D eigenvalue weighted by molar-refractivity contribution is 0.102. The minimum absolute atomic E-state index is 0.142. The molecule has 0 saturated heterocycles. The number of hydrogen-bond acceptors (Lipinski definition) is 3. The highest BCUT2D eigenvalue weighted by molar-refractivity contribution is 9.10. The van der Waals surface area contributed by atoms with E-state index in [4.69, 9.17) is 4.74 Å². The lowest BCUT2D eigenvalue weighted by atomic mass is 10.1. The van der Waals surface area contributed by atoms with Gasteiger partial charge in [-0.15, -0.1) is 0 Å². The maximum Gasteiger partial charge on any atom is 0.258 e. The summed E-state index contributed by atoms with van der Waals surface area (Å²) >= 11 is 3.20. The fourth-order valence-corrected chi connectivity index (χ4v) is 2.13. The number of amides is 1. The van der Waals surface area contributed by atoms with E-state index in [-0.39, 0.29) is 11.7 Å². The summed E-state index contributed by atoms with van der Waals surface area (Å²) in [5.41, 5.74) is 1.09. The van der Waals surface area contributed by atoms with Crippen molar-refractivity contribution in [3.8, 4) is 5.75 Å². The first-order chi connectivity index (χ1) is 10.5. The second kappa shape index (κ2) is 8.48. The standard InChI is InChI=1S/C14H12BrFN2O2.C2H6/c1-8-10(5-6-11(20-2)12(8)16)18-14(19)9-4-3-7-17-13(9)15;1-2/h3-7H,1-2H3,(H,18,19);1-2H3. The smallest absolute Gasteiger partial charge is 0.258 e. The fraction of sp³-hybridized carbons (Fsp3) is 0.250. The summed E-state index contributed by atoms with van der Waals surface area (Å²) in [7, 11) is 1.39. The quantitative estimate of drug-likeness (QED) is 0.806. The Labute approximate surface area is 137 Å². The van der Waals surface area contributed by atoms with Gasteiger partial charge >= 0.3 is 0 Å². The molecule has 0 fully saturated rings. The molecule has 0 bridgehead atoms. The summed E-state index contributed by atoms with van der Waals surface area (Å²) in [5.74, 6) is -0.712. The zero-order valence-electron chi connectivity index (χ0n) is 12.9. The number of ether oxygens (including phenoxy) is 1. The Balaban J connectivity index is 0.00000116. The lowest BCUT2D eigenvalue weighted by Gasteiger charge is -2.11. The Morgan fingerprint density at radius 1 is 1.32 bits per heavy atom. The lowest BCUT2D eigenvalue weighted by Crippen LogP contribution is -2.14. The molecule has 0 radical (unpaired) electrons. The first-order valence-corrected chi connectivity index (χ1v) is 7.59. The third-order valence-electron chi connectivity index (χ3n) is 2.82. The average molecular weight is 369 g/mol. The molecule has 0 aliphatic carbocycles. The summed E-state index contributed by atoms with van der Waals surface area (Å²) in [4.78, 5) is 16.1. The summed E-state index contributed by atoms with van der Waals surface area (Å²) in [5, 5.41) is 2.65. The molecule has 22 heavy (non-hydrogen) atoms. The maximum absolute atomic E-state index is 13.9. The van der Waals surface area contributed by atoms with Gasteiger partial charge in [0.25, 0.3) is 5.91 Å². The number of hydrogen-bond donors (Lipinski definition) is 1. The minimum Gasteiger partial charge on any atom is -0.494 e. The van der Waals surface area contributed by atoms with E-state index in [1.165, 1.54) is 13.2 Å². The number of benzene rings is 1. The van der Waals surface area contributed by atoms with E-state index in [0.29, 0.717) is 21.4 Å². The number of anilines is 1. The van der Waals surface area contributed by atoms with Gasteiger partial charge in [0.2, 0.25) is 0 Å². The van der Waals surface area contributed by atoms with Crippen LogP contribution in [0.15, 0.2) is 35.1 Å². The van der Waals surface area contributed by atoms with Gasteiger partial charge in [0.15, 0.2) is 11.6 Å². The number of carbonyl (C=O) groups excluding carboxylic acids is 1. The third kappa shape index (κ3) is 4.04. The average Bonchev–Trinajstić information content (AvgIpc) is 2.54. The molecule has 0 atom stereocenters. The molecule has 1 aromatic heterocycles. The van der Waals surface area contributed by atoms with Crippen LogP contribution >= 0.6 is 15.9 Å². The van der Waals surface area contributed by atoms with Crippen LogP contribution in [0.4, 0.5) is 10.1 Å². The van der Waals surface area contributed by atoms with Crippen molar-refractivity contribution in [2.24, 2.45) is 0 Å². The number of nitrogens with zero attached hydrogens (tertiary/aromatic N) is 1. The van der Waals surface area contributed by atoms with Crippen LogP contribution in [-0.2, 0) is 0 Å². The molecule has 2 aromatic rings. The van der Waals surface area contributed by atoms with E-state index < -0.39 is 5.82 Å². The normalized spacial score (nSPS) is 9.55. The number of pyridine rings is 1. The number of nitrogens with one attached hydrogen (secondary N) is 1. The Bertz CT molecular complexity index is 663. The molecule has 1 N–H and O–H groups in total. The number of halogens is 2. The molecule has 118 valence electrons. The zero-order valence-corrected chi connectivity index (χ0v) is 14.5. The van der Waals surface area contributed by atoms with E-state index in [0.717, 1.165) is 0 Å². The molecule has 1 aromatic carbocycles. The van der Waals surface area contributed by atoms with Crippen molar-refractivity contribution < 1.29 is 13.9 Å². The molecule has 6 heteroatoms. The Morgan fingerprint density at radius 3 is 2.59 bits per heavy atom. The highest BCUT2D eigenvalue weighted by atomic mass is 79.9. The first kappa shape index (κ1) is 18.1. The van der Waals surface area contributed by atoms with Crippen LogP contribution in [0.25, 0.3) is 0 Å². The molecule has 1 amide bonds. The van der Waals surface area contributed by atoms with Crippen LogP contribution < -0.4 is 10.1 Å². The monoisotopic (exact) mass is 368 g/mol. The number of aromatic nitrogens is 1. The predicted molar refractivity (Wildman–Crippen MR) is 88.9 cm³/mol. The van der Waals surface area contributed by atoms with Gasteiger partial charge in [-0.25, -0.2) is 9.37 Å². The van der Waals surface area contributed by atoms with Gasteiger partial charge < -0.3 is 10.1 Å². The van der Waals surface area contributed by atoms with Gasteiger partial charge in [0.1, 0.15) is 4.60 Å². The van der Waals surface area contributed by atoms with Crippen LogP contribution in [-0.4, -0.2) is 18.0 Å². The Kier molecular flexibility index (Phi) is 6.98. The molecule has 4 nitrogen and oxygen atoms in total. The second-order valence-corrected chi connectivity index (χ2v) is 4.80. The second-order valence-electron chi connectivity index (χ2n) is 4.05. The summed E-state index contributed by atoms with van der Waals surface area (Å²) in [6.07, 6.45) is 1.57.